The van der Waals surface area contributed by atoms with Crippen LogP contribution in [0.2, 0.25) is 0 Å². The van der Waals surface area contributed by atoms with Gasteiger partial charge in [-0.15, -0.1) is 0 Å². The van der Waals surface area contributed by atoms with Crippen molar-refractivity contribution in [3.8, 4) is 0 Å². The molecule has 0 unspecified atom stereocenters. The van der Waals surface area contributed by atoms with Crippen molar-refractivity contribution in [2.75, 3.05) is 37.9 Å². The molecule has 1 saturated carbocycles. The lowest BCUT2D eigenvalue weighted by molar-refractivity contribution is 0.0940. The van der Waals surface area contributed by atoms with E-state index >= 15 is 0 Å². The number of thiazole rings is 1. The maximum Gasteiger partial charge on any atom is 0.265 e. The van der Waals surface area contributed by atoms with Gasteiger partial charge in [-0.05, 0) is 12.8 Å². The van der Waals surface area contributed by atoms with Crippen molar-refractivity contribution in [1.29, 1.82) is 0 Å². The predicted octanol–water partition coefficient (Wildman–Crippen LogP) is 0.294. The molecule has 0 atom stereocenters. The molecule has 1 aromatic rings. The molecule has 0 radical (unpaired) electrons. The third-order valence-corrected chi connectivity index (χ3v) is 4.39. The first-order valence-electron chi connectivity index (χ1n) is 5.80. The van der Waals surface area contributed by atoms with Crippen LogP contribution in [0.4, 0.5) is 10.9 Å². The summed E-state index contributed by atoms with van der Waals surface area (Å²) in [6, 6.07) is 0. The molecule has 1 amide bonds. The summed E-state index contributed by atoms with van der Waals surface area (Å²) >= 11 is 1.27. The molecular formula is C11H18N4O2S. The number of aliphatic hydroxyl groups is 1. The minimum atomic E-state index is -0.210. The fraction of sp³-hybridized carbons (Fsp3) is 0.636. The van der Waals surface area contributed by atoms with Crippen LogP contribution in [-0.2, 0) is 0 Å². The zero-order valence-corrected chi connectivity index (χ0v) is 11.4. The van der Waals surface area contributed by atoms with Crippen LogP contribution in [0, 0.1) is 5.41 Å². The van der Waals surface area contributed by atoms with Gasteiger partial charge < -0.3 is 21.1 Å². The normalized spacial score (nSPS) is 16.4. The second kappa shape index (κ2) is 4.74. The number of hydrogen-bond donors (Lipinski definition) is 3. The van der Waals surface area contributed by atoms with Crippen molar-refractivity contribution in [2.45, 2.75) is 12.8 Å². The average molecular weight is 270 g/mol. The van der Waals surface area contributed by atoms with E-state index in [9.17, 15) is 9.90 Å². The van der Waals surface area contributed by atoms with E-state index in [1.807, 2.05) is 19.0 Å². The molecule has 1 aliphatic rings. The lowest BCUT2D eigenvalue weighted by Gasteiger charge is -2.11. The SMILES string of the molecule is CN(C)c1nc(N)c(C(=O)NCC2(CO)CC2)s1. The molecule has 1 aromatic heterocycles. The summed E-state index contributed by atoms with van der Waals surface area (Å²) in [5, 5.41) is 12.7. The van der Waals surface area contributed by atoms with Crippen LogP contribution >= 0.6 is 11.3 Å². The van der Waals surface area contributed by atoms with Crippen LogP contribution in [0.5, 0.6) is 0 Å². The number of aromatic nitrogens is 1. The van der Waals surface area contributed by atoms with Crippen molar-refractivity contribution < 1.29 is 9.90 Å². The molecule has 4 N–H and O–H groups in total. The maximum absolute atomic E-state index is 12.0. The number of carbonyl (C=O) groups excluding carboxylic acids is 1. The number of hydrogen-bond acceptors (Lipinski definition) is 6. The van der Waals surface area contributed by atoms with Crippen LogP contribution in [-0.4, -0.2) is 43.2 Å². The van der Waals surface area contributed by atoms with E-state index in [0.717, 1.165) is 12.8 Å². The summed E-state index contributed by atoms with van der Waals surface area (Å²) in [6.07, 6.45) is 1.93. The minimum Gasteiger partial charge on any atom is -0.396 e. The molecule has 1 fully saturated rings. The number of nitrogens with two attached hydrogens (primary N) is 1. The quantitative estimate of drug-likeness (QED) is 0.715. The first-order valence-corrected chi connectivity index (χ1v) is 6.62. The highest BCUT2D eigenvalue weighted by Gasteiger charge is 2.42. The van der Waals surface area contributed by atoms with E-state index < -0.39 is 0 Å². The molecule has 1 heterocycles. The maximum atomic E-state index is 12.0. The molecule has 7 heteroatoms. The zero-order chi connectivity index (χ0) is 13.3. The summed E-state index contributed by atoms with van der Waals surface area (Å²) in [7, 11) is 3.70. The van der Waals surface area contributed by atoms with Gasteiger partial charge in [0.05, 0.1) is 6.61 Å². The van der Waals surface area contributed by atoms with E-state index in [1.54, 1.807) is 0 Å². The molecule has 6 nitrogen and oxygen atoms in total. The summed E-state index contributed by atoms with van der Waals surface area (Å²) < 4.78 is 0. The number of nitrogen functional groups attached to an aromatic ring is 1. The van der Waals surface area contributed by atoms with E-state index in [2.05, 4.69) is 10.3 Å². The molecule has 0 bridgehead atoms. The molecule has 0 saturated heterocycles. The van der Waals surface area contributed by atoms with Gasteiger partial charge in [0, 0.05) is 26.1 Å². The van der Waals surface area contributed by atoms with Gasteiger partial charge in [-0.1, -0.05) is 11.3 Å². The Bertz CT molecular complexity index is 454. The van der Waals surface area contributed by atoms with Crippen molar-refractivity contribution >= 4 is 28.2 Å². The number of nitrogens with one attached hydrogen (secondary N) is 1. The Morgan fingerprint density at radius 2 is 2.28 bits per heavy atom. The molecule has 0 aliphatic heterocycles. The number of rotatable bonds is 5. The summed E-state index contributed by atoms with van der Waals surface area (Å²) in [5.41, 5.74) is 5.63. The smallest absolute Gasteiger partial charge is 0.265 e. The van der Waals surface area contributed by atoms with Crippen LogP contribution < -0.4 is 16.0 Å². The Balaban J connectivity index is 2.00. The highest BCUT2D eigenvalue weighted by atomic mass is 32.1. The van der Waals surface area contributed by atoms with Gasteiger partial charge in [0.15, 0.2) is 5.13 Å². The molecule has 0 aromatic carbocycles. The molecule has 0 spiro atoms. The first-order chi connectivity index (χ1) is 8.47. The molecule has 2 rings (SSSR count). The van der Waals surface area contributed by atoms with Gasteiger partial charge in [-0.25, -0.2) is 4.98 Å². The third-order valence-electron chi connectivity index (χ3n) is 3.15. The van der Waals surface area contributed by atoms with Crippen molar-refractivity contribution in [1.82, 2.24) is 10.3 Å². The van der Waals surface area contributed by atoms with Gasteiger partial charge >= 0.3 is 0 Å². The van der Waals surface area contributed by atoms with Crippen LogP contribution in [0.3, 0.4) is 0 Å². The van der Waals surface area contributed by atoms with E-state index in [1.165, 1.54) is 11.3 Å². The van der Waals surface area contributed by atoms with E-state index in [4.69, 9.17) is 5.73 Å². The lowest BCUT2D eigenvalue weighted by atomic mass is 10.1. The zero-order valence-electron chi connectivity index (χ0n) is 10.6. The molecular weight excluding hydrogens is 252 g/mol. The topological polar surface area (TPSA) is 91.5 Å². The standard InChI is InChI=1S/C11H18N4O2S/c1-15(2)10-14-8(12)7(18-10)9(17)13-5-11(6-16)3-4-11/h16H,3-6,12H2,1-2H3,(H,13,17). The first kappa shape index (κ1) is 13.1. The molecule has 18 heavy (non-hydrogen) atoms. The Labute approximate surface area is 110 Å². The second-order valence-corrected chi connectivity index (χ2v) is 5.92. The largest absolute Gasteiger partial charge is 0.396 e. The van der Waals surface area contributed by atoms with Gasteiger partial charge in [0.25, 0.3) is 5.91 Å². The second-order valence-electron chi connectivity index (χ2n) is 4.95. The lowest BCUT2D eigenvalue weighted by Crippen LogP contribution is -2.31. The predicted molar refractivity (Wildman–Crippen MR) is 71.9 cm³/mol. The van der Waals surface area contributed by atoms with Crippen molar-refractivity contribution in [3.05, 3.63) is 4.88 Å². The third kappa shape index (κ3) is 2.56. The number of nitrogens with zero attached hydrogens (tertiary/aromatic N) is 2. The van der Waals surface area contributed by atoms with E-state index in [0.29, 0.717) is 16.6 Å². The fourth-order valence-electron chi connectivity index (χ4n) is 1.59. The minimum absolute atomic E-state index is 0.0977. The van der Waals surface area contributed by atoms with Gasteiger partial charge in [0.2, 0.25) is 0 Å². The van der Waals surface area contributed by atoms with Gasteiger partial charge in [0.1, 0.15) is 10.7 Å². The van der Waals surface area contributed by atoms with Crippen LogP contribution in [0.25, 0.3) is 0 Å². The Hall–Kier alpha value is -1.34. The fourth-order valence-corrected chi connectivity index (χ4v) is 2.41. The van der Waals surface area contributed by atoms with Crippen LogP contribution in [0.15, 0.2) is 0 Å². The number of carbonyl (C=O) groups is 1. The Morgan fingerprint density at radius 3 is 2.72 bits per heavy atom. The van der Waals surface area contributed by atoms with Gasteiger partial charge in [-0.2, -0.15) is 0 Å². The highest BCUT2D eigenvalue weighted by molar-refractivity contribution is 7.18. The Morgan fingerprint density at radius 1 is 1.61 bits per heavy atom. The average Bonchev–Trinajstić information content (AvgIpc) is 3.02. The van der Waals surface area contributed by atoms with Crippen LogP contribution in [0.1, 0.15) is 22.5 Å². The van der Waals surface area contributed by atoms with E-state index in [-0.39, 0.29) is 23.7 Å². The number of aliphatic hydroxyl groups excluding tert-OH is 1. The summed E-state index contributed by atoms with van der Waals surface area (Å²) in [6.45, 7) is 0.616. The molecule has 100 valence electrons. The van der Waals surface area contributed by atoms with Crippen molar-refractivity contribution in [2.24, 2.45) is 5.41 Å². The van der Waals surface area contributed by atoms with Gasteiger partial charge in [-0.3, -0.25) is 4.79 Å². The number of amides is 1. The summed E-state index contributed by atoms with van der Waals surface area (Å²) in [4.78, 5) is 18.3. The Kier molecular flexibility index (Phi) is 3.45. The van der Waals surface area contributed by atoms with Crippen molar-refractivity contribution in [3.63, 3.8) is 0 Å². The molecule has 1 aliphatic carbocycles. The monoisotopic (exact) mass is 270 g/mol. The highest BCUT2D eigenvalue weighted by Crippen LogP contribution is 2.44. The summed E-state index contributed by atoms with van der Waals surface area (Å²) in [5.74, 6) is 0.0490. The number of anilines is 2.